The van der Waals surface area contributed by atoms with E-state index in [1.807, 2.05) is 0 Å². The molecule has 2 heterocycles. The molecule has 154 valence electrons. The van der Waals surface area contributed by atoms with Crippen LogP contribution >= 0.6 is 0 Å². The smallest absolute Gasteiger partial charge is 0.0810 e. The minimum absolute atomic E-state index is 0.138. The van der Waals surface area contributed by atoms with Crippen molar-refractivity contribution in [1.29, 1.82) is 0 Å². The zero-order valence-corrected chi connectivity index (χ0v) is 18.1. The quantitative estimate of drug-likeness (QED) is 0.197. The molecule has 0 aliphatic carbocycles. The lowest BCUT2D eigenvalue weighted by molar-refractivity contribution is -0.246. The third-order valence-corrected chi connectivity index (χ3v) is 6.58. The third kappa shape index (κ3) is 8.74. The van der Waals surface area contributed by atoms with Gasteiger partial charge in [-0.1, -0.05) is 90.4 Å². The summed E-state index contributed by atoms with van der Waals surface area (Å²) in [4.78, 5) is 0. The fourth-order valence-electron chi connectivity index (χ4n) is 4.71. The standard InChI is InChI=1S/C24H46O2/c1-4-5-6-7-12-15-18-22-23(26-24(22,2)3)19-16-13-10-8-9-11-14-17-21-20-25-21/h21-23H,4-20H2,1-3H3. The molecule has 0 aromatic carbocycles. The summed E-state index contributed by atoms with van der Waals surface area (Å²) in [5.41, 5.74) is 0.138. The van der Waals surface area contributed by atoms with Gasteiger partial charge in [-0.25, -0.2) is 0 Å². The van der Waals surface area contributed by atoms with E-state index in [-0.39, 0.29) is 5.60 Å². The lowest BCUT2D eigenvalue weighted by Crippen LogP contribution is -2.56. The minimum Gasteiger partial charge on any atom is -0.373 e. The first kappa shape index (κ1) is 22.2. The Morgan fingerprint density at radius 3 is 1.73 bits per heavy atom. The van der Waals surface area contributed by atoms with Crippen molar-refractivity contribution in [3.05, 3.63) is 0 Å². The maximum Gasteiger partial charge on any atom is 0.0810 e. The summed E-state index contributed by atoms with van der Waals surface area (Å²) in [6.07, 6.45) is 23.4. The summed E-state index contributed by atoms with van der Waals surface area (Å²) in [6, 6.07) is 0. The maximum atomic E-state index is 6.21. The molecule has 2 nitrogen and oxygen atoms in total. The number of ether oxygens (including phenoxy) is 2. The van der Waals surface area contributed by atoms with Crippen molar-refractivity contribution in [2.24, 2.45) is 5.92 Å². The first-order valence-electron chi connectivity index (χ1n) is 11.9. The summed E-state index contributed by atoms with van der Waals surface area (Å²) >= 11 is 0. The highest BCUT2D eigenvalue weighted by atomic mass is 16.6. The molecule has 2 aliphatic rings. The number of rotatable bonds is 17. The molecule has 0 saturated carbocycles. The van der Waals surface area contributed by atoms with E-state index >= 15 is 0 Å². The van der Waals surface area contributed by atoms with E-state index in [2.05, 4.69) is 20.8 Å². The molecule has 0 bridgehead atoms. The van der Waals surface area contributed by atoms with Crippen LogP contribution in [0.25, 0.3) is 0 Å². The molecule has 0 amide bonds. The zero-order chi connectivity index (χ0) is 18.7. The second-order valence-corrected chi connectivity index (χ2v) is 9.43. The average molecular weight is 367 g/mol. The van der Waals surface area contributed by atoms with Gasteiger partial charge in [0.2, 0.25) is 0 Å². The molecule has 2 saturated heterocycles. The topological polar surface area (TPSA) is 21.8 Å². The van der Waals surface area contributed by atoms with Crippen LogP contribution in [0.4, 0.5) is 0 Å². The van der Waals surface area contributed by atoms with E-state index < -0.39 is 0 Å². The van der Waals surface area contributed by atoms with Crippen LogP contribution in [0.1, 0.15) is 124 Å². The highest BCUT2D eigenvalue weighted by Gasteiger charge is 2.47. The minimum atomic E-state index is 0.138. The monoisotopic (exact) mass is 366 g/mol. The molecule has 2 heteroatoms. The van der Waals surface area contributed by atoms with Gasteiger partial charge < -0.3 is 9.47 Å². The fourth-order valence-corrected chi connectivity index (χ4v) is 4.71. The second kappa shape index (κ2) is 12.4. The van der Waals surface area contributed by atoms with E-state index in [9.17, 15) is 0 Å². The van der Waals surface area contributed by atoms with Crippen molar-refractivity contribution in [1.82, 2.24) is 0 Å². The molecule has 2 fully saturated rings. The van der Waals surface area contributed by atoms with Crippen molar-refractivity contribution in [3.8, 4) is 0 Å². The predicted molar refractivity (Wildman–Crippen MR) is 112 cm³/mol. The van der Waals surface area contributed by atoms with Crippen molar-refractivity contribution >= 4 is 0 Å². The van der Waals surface area contributed by atoms with Gasteiger partial charge >= 0.3 is 0 Å². The highest BCUT2D eigenvalue weighted by Crippen LogP contribution is 2.44. The fraction of sp³-hybridized carbons (Fsp3) is 1.00. The molecule has 0 N–H and O–H groups in total. The Morgan fingerprint density at radius 1 is 0.692 bits per heavy atom. The van der Waals surface area contributed by atoms with Crippen molar-refractivity contribution in [2.75, 3.05) is 6.61 Å². The number of hydrogen-bond donors (Lipinski definition) is 0. The van der Waals surface area contributed by atoms with Crippen LogP contribution in [0.2, 0.25) is 0 Å². The number of unbranched alkanes of at least 4 members (excludes halogenated alkanes) is 11. The molecular weight excluding hydrogens is 320 g/mol. The Labute approximate surface area is 163 Å². The lowest BCUT2D eigenvalue weighted by atomic mass is 9.74. The maximum absolute atomic E-state index is 6.21. The van der Waals surface area contributed by atoms with Gasteiger partial charge in [0.05, 0.1) is 24.4 Å². The predicted octanol–water partition coefficient (Wildman–Crippen LogP) is 7.44. The van der Waals surface area contributed by atoms with Crippen molar-refractivity contribution in [2.45, 2.75) is 141 Å². The second-order valence-electron chi connectivity index (χ2n) is 9.43. The molecule has 2 aliphatic heterocycles. The molecule has 2 rings (SSSR count). The van der Waals surface area contributed by atoms with Gasteiger partial charge in [0, 0.05) is 5.92 Å². The highest BCUT2D eigenvalue weighted by molar-refractivity contribution is 4.95. The van der Waals surface area contributed by atoms with Crippen LogP contribution in [0.15, 0.2) is 0 Å². The number of hydrogen-bond acceptors (Lipinski definition) is 2. The van der Waals surface area contributed by atoms with Crippen LogP contribution in [-0.2, 0) is 9.47 Å². The van der Waals surface area contributed by atoms with Crippen LogP contribution in [0.3, 0.4) is 0 Å². The number of epoxide rings is 1. The van der Waals surface area contributed by atoms with Gasteiger partial charge in [-0.2, -0.15) is 0 Å². The molecule has 0 aromatic heterocycles. The van der Waals surface area contributed by atoms with E-state index in [1.165, 1.54) is 103 Å². The summed E-state index contributed by atoms with van der Waals surface area (Å²) < 4.78 is 11.5. The molecule has 3 atom stereocenters. The SMILES string of the molecule is CCCCCCCCC1C(CCCCCCCCCC2CO2)OC1(C)C. The Kier molecular flexibility index (Phi) is 10.6. The van der Waals surface area contributed by atoms with Crippen LogP contribution in [0.5, 0.6) is 0 Å². The van der Waals surface area contributed by atoms with Gasteiger partial charge in [0.25, 0.3) is 0 Å². The van der Waals surface area contributed by atoms with Gasteiger partial charge in [0.15, 0.2) is 0 Å². The molecule has 0 aromatic rings. The lowest BCUT2D eigenvalue weighted by Gasteiger charge is -2.52. The zero-order valence-electron chi connectivity index (χ0n) is 18.1. The Morgan fingerprint density at radius 2 is 1.19 bits per heavy atom. The van der Waals surface area contributed by atoms with Crippen LogP contribution in [-0.4, -0.2) is 24.4 Å². The summed E-state index contributed by atoms with van der Waals surface area (Å²) in [5, 5.41) is 0. The van der Waals surface area contributed by atoms with Crippen molar-refractivity contribution in [3.63, 3.8) is 0 Å². The third-order valence-electron chi connectivity index (χ3n) is 6.58. The van der Waals surface area contributed by atoms with E-state index in [0.717, 1.165) is 12.5 Å². The molecule has 3 unspecified atom stereocenters. The largest absolute Gasteiger partial charge is 0.373 e. The van der Waals surface area contributed by atoms with Gasteiger partial charge in [-0.05, 0) is 33.1 Å². The Balaban J connectivity index is 1.42. The molecule has 0 spiro atoms. The van der Waals surface area contributed by atoms with Gasteiger partial charge in [-0.3, -0.25) is 0 Å². The van der Waals surface area contributed by atoms with E-state index in [0.29, 0.717) is 12.2 Å². The Bertz CT molecular complexity index is 348. The van der Waals surface area contributed by atoms with E-state index in [1.54, 1.807) is 0 Å². The first-order valence-corrected chi connectivity index (χ1v) is 11.9. The van der Waals surface area contributed by atoms with Crippen LogP contribution < -0.4 is 0 Å². The molecule has 0 radical (unpaired) electrons. The summed E-state index contributed by atoms with van der Waals surface area (Å²) in [5.74, 6) is 0.804. The average Bonchev–Trinajstić information content (AvgIpc) is 3.42. The first-order chi connectivity index (χ1) is 12.6. The Hall–Kier alpha value is -0.0800. The molecular formula is C24H46O2. The van der Waals surface area contributed by atoms with Gasteiger partial charge in [-0.15, -0.1) is 0 Å². The van der Waals surface area contributed by atoms with E-state index in [4.69, 9.17) is 9.47 Å². The van der Waals surface area contributed by atoms with Crippen LogP contribution in [0, 0.1) is 5.92 Å². The molecule has 26 heavy (non-hydrogen) atoms. The normalized spacial score (nSPS) is 26.7. The summed E-state index contributed by atoms with van der Waals surface area (Å²) in [7, 11) is 0. The summed E-state index contributed by atoms with van der Waals surface area (Å²) in [6.45, 7) is 7.93. The van der Waals surface area contributed by atoms with Crippen molar-refractivity contribution < 1.29 is 9.47 Å². The van der Waals surface area contributed by atoms with Gasteiger partial charge in [0.1, 0.15) is 0 Å².